The van der Waals surface area contributed by atoms with Crippen LogP contribution >= 0.6 is 0 Å². The van der Waals surface area contributed by atoms with Crippen LogP contribution in [0.15, 0.2) is 0 Å². The highest BCUT2D eigenvalue weighted by atomic mass is 16.2. The van der Waals surface area contributed by atoms with Gasteiger partial charge in [-0.2, -0.15) is 0 Å². The number of rotatable bonds is 4. The molecule has 3 atom stereocenters. The van der Waals surface area contributed by atoms with Crippen molar-refractivity contribution in [2.45, 2.75) is 70.9 Å². The van der Waals surface area contributed by atoms with Crippen LogP contribution in [-0.4, -0.2) is 78.0 Å². The van der Waals surface area contributed by atoms with Gasteiger partial charge >= 0.3 is 6.03 Å². The van der Waals surface area contributed by atoms with Crippen molar-refractivity contribution in [2.24, 2.45) is 17.8 Å². The Hall–Kier alpha value is -1.30. The van der Waals surface area contributed by atoms with Crippen LogP contribution in [0.5, 0.6) is 0 Å². The molecule has 158 valence electrons. The van der Waals surface area contributed by atoms with Gasteiger partial charge < -0.3 is 15.1 Å². The Morgan fingerprint density at radius 3 is 2.68 bits per heavy atom. The number of carbonyl (C=O) groups is 2. The Morgan fingerprint density at radius 1 is 1.14 bits per heavy atom. The fraction of sp³-hybridized carbons (Fsp3) is 0.909. The SMILES string of the molecule is CC(C)CCNC(=O)N1CCC(N2CC3CC(C2)[C@H]2CCCC(=O)N2C3)CC1. The van der Waals surface area contributed by atoms with Crippen LogP contribution in [0.3, 0.4) is 0 Å². The molecule has 1 N–H and O–H groups in total. The van der Waals surface area contributed by atoms with Crippen LogP contribution < -0.4 is 5.32 Å². The molecule has 0 aliphatic carbocycles. The summed E-state index contributed by atoms with van der Waals surface area (Å²) in [6, 6.07) is 1.22. The lowest BCUT2D eigenvalue weighted by Crippen LogP contribution is -2.62. The first-order chi connectivity index (χ1) is 13.5. The van der Waals surface area contributed by atoms with Crippen molar-refractivity contribution in [1.82, 2.24) is 20.0 Å². The van der Waals surface area contributed by atoms with Gasteiger partial charge in [-0.25, -0.2) is 4.79 Å². The van der Waals surface area contributed by atoms with Gasteiger partial charge in [0.15, 0.2) is 0 Å². The third-order valence-electron chi connectivity index (χ3n) is 7.47. The fourth-order valence-electron chi connectivity index (χ4n) is 5.96. The quantitative estimate of drug-likeness (QED) is 0.803. The zero-order valence-corrected chi connectivity index (χ0v) is 17.7. The molecule has 4 aliphatic rings. The van der Waals surface area contributed by atoms with E-state index in [0.717, 1.165) is 71.4 Å². The monoisotopic (exact) mass is 390 g/mol. The lowest BCUT2D eigenvalue weighted by molar-refractivity contribution is -0.145. The van der Waals surface area contributed by atoms with Gasteiger partial charge in [0, 0.05) is 57.8 Å². The van der Waals surface area contributed by atoms with Crippen LogP contribution in [0, 0.1) is 17.8 Å². The van der Waals surface area contributed by atoms with E-state index in [1.165, 1.54) is 12.8 Å². The minimum atomic E-state index is 0.117. The number of hydrogen-bond acceptors (Lipinski definition) is 3. The number of urea groups is 1. The molecule has 4 fully saturated rings. The first-order valence-electron chi connectivity index (χ1n) is 11.6. The fourth-order valence-corrected chi connectivity index (χ4v) is 5.96. The van der Waals surface area contributed by atoms with Crippen LogP contribution in [0.25, 0.3) is 0 Å². The zero-order valence-electron chi connectivity index (χ0n) is 17.7. The number of piperidine rings is 4. The maximum Gasteiger partial charge on any atom is 0.317 e. The Kier molecular flexibility index (Phi) is 6.14. The number of hydrogen-bond donors (Lipinski definition) is 1. The third kappa shape index (κ3) is 4.32. The maximum atomic E-state index is 12.4. The van der Waals surface area contributed by atoms with E-state index < -0.39 is 0 Å². The largest absolute Gasteiger partial charge is 0.339 e. The average molecular weight is 391 g/mol. The first kappa shape index (κ1) is 20.0. The molecule has 0 aromatic heterocycles. The molecule has 4 rings (SSSR count). The standard InChI is InChI=1S/C22H38N4O2/c1-16(2)6-9-23-22(28)24-10-7-19(8-11-24)25-13-17-12-18(15-25)20-4-3-5-21(27)26(20)14-17/h16-20H,3-15H2,1-2H3,(H,23,28)/t17?,18?,20-/m1/s1. The third-order valence-corrected chi connectivity index (χ3v) is 7.47. The van der Waals surface area contributed by atoms with Gasteiger partial charge in [-0.15, -0.1) is 0 Å². The predicted molar refractivity (Wildman–Crippen MR) is 110 cm³/mol. The molecule has 4 saturated heterocycles. The number of carbonyl (C=O) groups excluding carboxylic acids is 2. The van der Waals surface area contributed by atoms with E-state index in [2.05, 4.69) is 29.0 Å². The molecule has 4 aliphatic heterocycles. The molecule has 6 heteroatoms. The molecular weight excluding hydrogens is 352 g/mol. The van der Waals surface area contributed by atoms with Crippen LogP contribution in [0.2, 0.25) is 0 Å². The Balaban J connectivity index is 1.27. The summed E-state index contributed by atoms with van der Waals surface area (Å²) in [5.74, 6) is 2.33. The van der Waals surface area contributed by atoms with Crippen molar-refractivity contribution >= 4 is 11.9 Å². The Morgan fingerprint density at radius 2 is 1.93 bits per heavy atom. The molecule has 0 aromatic rings. The lowest BCUT2D eigenvalue weighted by atomic mass is 9.75. The van der Waals surface area contributed by atoms with E-state index in [1.54, 1.807) is 0 Å². The maximum absolute atomic E-state index is 12.4. The van der Waals surface area contributed by atoms with Gasteiger partial charge in [0.2, 0.25) is 5.91 Å². The molecular formula is C22H38N4O2. The Labute approximate surface area is 170 Å². The van der Waals surface area contributed by atoms with Gasteiger partial charge in [0.25, 0.3) is 0 Å². The molecule has 0 aromatic carbocycles. The van der Waals surface area contributed by atoms with Gasteiger partial charge in [0.1, 0.15) is 0 Å². The van der Waals surface area contributed by atoms with Crippen molar-refractivity contribution in [2.75, 3.05) is 39.3 Å². The summed E-state index contributed by atoms with van der Waals surface area (Å²) < 4.78 is 0. The number of fused-ring (bicyclic) bond motifs is 4. The summed E-state index contributed by atoms with van der Waals surface area (Å²) in [7, 11) is 0. The highest BCUT2D eigenvalue weighted by Gasteiger charge is 2.45. The molecule has 3 amide bonds. The normalized spacial score (nSPS) is 31.8. The summed E-state index contributed by atoms with van der Waals surface area (Å²) in [6.07, 6.45) is 7.56. The summed E-state index contributed by atoms with van der Waals surface area (Å²) in [5.41, 5.74) is 0. The van der Waals surface area contributed by atoms with Gasteiger partial charge in [-0.1, -0.05) is 13.8 Å². The molecule has 28 heavy (non-hydrogen) atoms. The highest BCUT2D eigenvalue weighted by Crippen LogP contribution is 2.39. The van der Waals surface area contributed by atoms with Gasteiger partial charge in [-0.3, -0.25) is 9.69 Å². The van der Waals surface area contributed by atoms with E-state index in [-0.39, 0.29) is 6.03 Å². The van der Waals surface area contributed by atoms with E-state index in [1.807, 2.05) is 4.90 Å². The number of nitrogens with one attached hydrogen (secondary N) is 1. The van der Waals surface area contributed by atoms with Crippen molar-refractivity contribution < 1.29 is 9.59 Å². The van der Waals surface area contributed by atoms with Crippen molar-refractivity contribution in [3.8, 4) is 0 Å². The second kappa shape index (κ2) is 8.60. The van der Waals surface area contributed by atoms with E-state index >= 15 is 0 Å². The predicted octanol–water partition coefficient (Wildman–Crippen LogP) is 2.54. The highest BCUT2D eigenvalue weighted by molar-refractivity contribution is 5.77. The van der Waals surface area contributed by atoms with Crippen LogP contribution in [-0.2, 0) is 4.79 Å². The second-order valence-electron chi connectivity index (χ2n) is 9.95. The molecule has 6 nitrogen and oxygen atoms in total. The summed E-state index contributed by atoms with van der Waals surface area (Å²) >= 11 is 0. The van der Waals surface area contributed by atoms with Crippen LogP contribution in [0.1, 0.15) is 58.8 Å². The first-order valence-corrected chi connectivity index (χ1v) is 11.6. The van der Waals surface area contributed by atoms with E-state index in [9.17, 15) is 9.59 Å². The molecule has 0 radical (unpaired) electrons. The van der Waals surface area contributed by atoms with E-state index in [4.69, 9.17) is 0 Å². The zero-order chi connectivity index (χ0) is 19.7. The molecule has 4 heterocycles. The lowest BCUT2D eigenvalue weighted by Gasteiger charge is -2.54. The average Bonchev–Trinajstić information content (AvgIpc) is 2.68. The smallest absolute Gasteiger partial charge is 0.317 e. The van der Waals surface area contributed by atoms with Gasteiger partial charge in [0.05, 0.1) is 0 Å². The summed E-state index contributed by atoms with van der Waals surface area (Å²) in [5, 5.41) is 3.08. The van der Waals surface area contributed by atoms with Crippen molar-refractivity contribution in [3.05, 3.63) is 0 Å². The second-order valence-corrected chi connectivity index (χ2v) is 9.95. The molecule has 2 unspecified atom stereocenters. The number of likely N-dealkylation sites (tertiary alicyclic amines) is 2. The van der Waals surface area contributed by atoms with Gasteiger partial charge in [-0.05, 0) is 56.3 Å². The van der Waals surface area contributed by atoms with Crippen molar-refractivity contribution in [3.63, 3.8) is 0 Å². The summed E-state index contributed by atoms with van der Waals surface area (Å²) in [6.45, 7) is 10.2. The minimum Gasteiger partial charge on any atom is -0.339 e. The minimum absolute atomic E-state index is 0.117. The molecule has 0 spiro atoms. The van der Waals surface area contributed by atoms with Crippen molar-refractivity contribution in [1.29, 1.82) is 0 Å². The number of amides is 3. The molecule has 0 saturated carbocycles. The number of nitrogens with zero attached hydrogens (tertiary/aromatic N) is 3. The summed E-state index contributed by atoms with van der Waals surface area (Å²) in [4.78, 5) is 31.6. The van der Waals surface area contributed by atoms with Crippen LogP contribution in [0.4, 0.5) is 4.79 Å². The van der Waals surface area contributed by atoms with E-state index in [0.29, 0.717) is 35.7 Å². The molecule has 2 bridgehead atoms. The topological polar surface area (TPSA) is 55.9 Å². The Bertz CT molecular complexity index is 573.